The second-order valence-electron chi connectivity index (χ2n) is 10.5. The summed E-state index contributed by atoms with van der Waals surface area (Å²) in [5, 5.41) is 17.9. The summed E-state index contributed by atoms with van der Waals surface area (Å²) >= 11 is 1.71. The molecule has 5 rings (SSSR count). The molecule has 2 fully saturated rings. The number of aromatic nitrogens is 2. The van der Waals surface area contributed by atoms with Crippen molar-refractivity contribution in [2.75, 3.05) is 6.54 Å². The third-order valence-electron chi connectivity index (χ3n) is 7.90. The number of aliphatic carboxylic acids is 1. The van der Waals surface area contributed by atoms with Crippen molar-refractivity contribution in [2.24, 2.45) is 18.9 Å². The first-order valence-electron chi connectivity index (χ1n) is 12.3. The van der Waals surface area contributed by atoms with Crippen LogP contribution >= 0.6 is 11.3 Å². The summed E-state index contributed by atoms with van der Waals surface area (Å²) in [7, 11) is 1.96. The van der Waals surface area contributed by atoms with Crippen molar-refractivity contribution in [2.45, 2.75) is 63.8 Å². The van der Waals surface area contributed by atoms with Gasteiger partial charge in [-0.25, -0.2) is 0 Å². The lowest BCUT2D eigenvalue weighted by molar-refractivity contribution is -0.152. The van der Waals surface area contributed by atoms with Crippen molar-refractivity contribution >= 4 is 34.1 Å². The van der Waals surface area contributed by atoms with Crippen molar-refractivity contribution in [3.8, 4) is 10.4 Å². The average Bonchev–Trinajstić information content (AvgIpc) is 3.46. The molecule has 3 unspecified atom stereocenters. The molecule has 0 bridgehead atoms. The van der Waals surface area contributed by atoms with Crippen LogP contribution in [0.4, 0.5) is 0 Å². The van der Waals surface area contributed by atoms with Gasteiger partial charge < -0.3 is 10.0 Å². The van der Waals surface area contributed by atoms with Crippen LogP contribution in [0.1, 0.15) is 58.1 Å². The summed E-state index contributed by atoms with van der Waals surface area (Å²) in [6, 6.07) is 10.5. The second kappa shape index (κ2) is 8.84. The largest absolute Gasteiger partial charge is 0.481 e. The Morgan fingerprint density at radius 2 is 1.97 bits per heavy atom. The maximum absolute atomic E-state index is 13.7. The highest BCUT2D eigenvalue weighted by Gasteiger charge is 2.44. The van der Waals surface area contributed by atoms with E-state index in [9.17, 15) is 14.7 Å². The fraction of sp³-hybridized carbons (Fsp3) is 0.519. The van der Waals surface area contributed by atoms with Crippen LogP contribution in [-0.2, 0) is 22.1 Å². The van der Waals surface area contributed by atoms with Gasteiger partial charge in [-0.05, 0) is 49.1 Å². The number of amides is 1. The number of carbonyl (C=O) groups is 2. The molecule has 3 atom stereocenters. The molecule has 34 heavy (non-hydrogen) atoms. The molecule has 180 valence electrons. The Bertz CT molecular complexity index is 1210. The minimum atomic E-state index is -0.703. The number of aryl methyl sites for hydroxylation is 1. The molecular formula is C27H33N3O3S. The highest BCUT2D eigenvalue weighted by atomic mass is 32.1. The second-order valence-corrected chi connectivity index (χ2v) is 11.5. The number of carbonyl (C=O) groups excluding carboxylic acids is 1. The van der Waals surface area contributed by atoms with Crippen molar-refractivity contribution in [1.29, 1.82) is 0 Å². The molecular weight excluding hydrogens is 446 g/mol. The van der Waals surface area contributed by atoms with Gasteiger partial charge in [0.15, 0.2) is 0 Å². The molecule has 1 N–H and O–H groups in total. The Balaban J connectivity index is 1.46. The van der Waals surface area contributed by atoms with Crippen LogP contribution in [-0.4, -0.2) is 44.3 Å². The van der Waals surface area contributed by atoms with Crippen LogP contribution in [0.15, 0.2) is 35.7 Å². The van der Waals surface area contributed by atoms with Gasteiger partial charge in [0.25, 0.3) is 0 Å². The van der Waals surface area contributed by atoms with Crippen molar-refractivity contribution in [3.63, 3.8) is 0 Å². The van der Waals surface area contributed by atoms with Gasteiger partial charge in [0.2, 0.25) is 5.91 Å². The summed E-state index contributed by atoms with van der Waals surface area (Å²) in [6.07, 6.45) is 4.67. The number of hydrogen-bond donors (Lipinski definition) is 1. The molecule has 0 spiro atoms. The molecule has 1 amide bonds. The van der Waals surface area contributed by atoms with Gasteiger partial charge in [0, 0.05) is 47.3 Å². The predicted molar refractivity (Wildman–Crippen MR) is 135 cm³/mol. The van der Waals surface area contributed by atoms with Crippen LogP contribution in [0.3, 0.4) is 0 Å². The number of likely N-dealkylation sites (tertiary alicyclic amines) is 1. The molecule has 1 saturated carbocycles. The fourth-order valence-corrected chi connectivity index (χ4v) is 7.05. The molecule has 7 heteroatoms. The highest BCUT2D eigenvalue weighted by Crippen LogP contribution is 2.42. The van der Waals surface area contributed by atoms with Crippen LogP contribution in [0, 0.1) is 11.8 Å². The zero-order chi connectivity index (χ0) is 24.0. The molecule has 2 aromatic heterocycles. The molecule has 1 aliphatic carbocycles. The van der Waals surface area contributed by atoms with Gasteiger partial charge in [-0.15, -0.1) is 11.3 Å². The molecule has 6 nitrogen and oxygen atoms in total. The van der Waals surface area contributed by atoms with Gasteiger partial charge in [-0.1, -0.05) is 38.5 Å². The van der Waals surface area contributed by atoms with E-state index in [-0.39, 0.29) is 23.8 Å². The molecule has 3 aromatic rings. The molecule has 0 radical (unpaired) electrons. The summed E-state index contributed by atoms with van der Waals surface area (Å²) in [5.41, 5.74) is 2.71. The SMILES string of the molecule is Cn1nc(C(C)(C)CC(=O)N2CCCC3C(C(=O)O)CCCC32)c2c(-c3cccs3)cccc21. The maximum Gasteiger partial charge on any atom is 0.306 e. The number of carboxylic acids is 1. The number of carboxylic acid groups (broad SMARTS) is 1. The van der Waals surface area contributed by atoms with Crippen LogP contribution in [0.5, 0.6) is 0 Å². The normalized spacial score (nSPS) is 23.1. The standard InChI is InChI=1S/C27H33N3O3S/c1-27(2,16-23(31)30-14-6-10-17-18(26(32)33)8-4-11-20(17)30)25-24-19(22-13-7-15-34-22)9-5-12-21(24)29(3)28-25/h5,7,9,12-13,15,17-18,20H,4,6,8,10-11,14,16H2,1-3H3,(H,32,33). The summed E-state index contributed by atoms with van der Waals surface area (Å²) in [4.78, 5) is 28.8. The van der Waals surface area contributed by atoms with Crippen molar-refractivity contribution < 1.29 is 14.7 Å². The van der Waals surface area contributed by atoms with E-state index in [0.29, 0.717) is 6.42 Å². The van der Waals surface area contributed by atoms with E-state index < -0.39 is 11.4 Å². The quantitative estimate of drug-likeness (QED) is 0.527. The molecule has 3 heterocycles. The Morgan fingerprint density at radius 1 is 1.15 bits per heavy atom. The van der Waals surface area contributed by atoms with E-state index in [0.717, 1.165) is 60.8 Å². The Kier molecular flexibility index (Phi) is 6.00. The van der Waals surface area contributed by atoms with E-state index in [1.54, 1.807) is 11.3 Å². The number of rotatable bonds is 5. The summed E-state index contributed by atoms with van der Waals surface area (Å²) in [5.74, 6) is -0.827. The average molecular weight is 480 g/mol. The zero-order valence-corrected chi connectivity index (χ0v) is 21.0. The lowest BCUT2D eigenvalue weighted by Crippen LogP contribution is -2.54. The number of benzene rings is 1. The van der Waals surface area contributed by atoms with Crippen molar-refractivity contribution in [3.05, 3.63) is 41.4 Å². The first kappa shape index (κ1) is 23.1. The van der Waals surface area contributed by atoms with Crippen molar-refractivity contribution in [1.82, 2.24) is 14.7 Å². The number of thiophene rings is 1. The van der Waals surface area contributed by atoms with Gasteiger partial charge in [-0.2, -0.15) is 5.10 Å². The van der Waals surface area contributed by atoms with E-state index in [1.165, 1.54) is 4.88 Å². The maximum atomic E-state index is 13.7. The van der Waals surface area contributed by atoms with Crippen LogP contribution < -0.4 is 0 Å². The Labute approximate surface area is 204 Å². The molecule has 1 saturated heterocycles. The minimum absolute atomic E-state index is 0.0501. The highest BCUT2D eigenvalue weighted by molar-refractivity contribution is 7.13. The van der Waals surface area contributed by atoms with E-state index in [1.807, 2.05) is 16.6 Å². The topological polar surface area (TPSA) is 75.4 Å². The van der Waals surface area contributed by atoms with Gasteiger partial charge in [0.1, 0.15) is 0 Å². The number of hydrogen-bond acceptors (Lipinski definition) is 4. The first-order chi connectivity index (χ1) is 16.3. The number of fused-ring (bicyclic) bond motifs is 2. The molecule has 1 aliphatic heterocycles. The zero-order valence-electron chi connectivity index (χ0n) is 20.2. The lowest BCUT2D eigenvalue weighted by Gasteiger charge is -2.47. The van der Waals surface area contributed by atoms with Gasteiger partial charge >= 0.3 is 5.97 Å². The lowest BCUT2D eigenvalue weighted by atomic mass is 9.71. The predicted octanol–water partition coefficient (Wildman–Crippen LogP) is 5.46. The smallest absolute Gasteiger partial charge is 0.306 e. The third-order valence-corrected chi connectivity index (χ3v) is 8.80. The number of nitrogens with zero attached hydrogens (tertiary/aromatic N) is 3. The molecule has 2 aliphatic rings. The van der Waals surface area contributed by atoms with Gasteiger partial charge in [-0.3, -0.25) is 14.3 Å². The van der Waals surface area contributed by atoms with E-state index in [4.69, 9.17) is 5.10 Å². The van der Waals surface area contributed by atoms with E-state index in [2.05, 4.69) is 49.6 Å². The van der Waals surface area contributed by atoms with E-state index >= 15 is 0 Å². The Hall–Kier alpha value is -2.67. The van der Waals surface area contributed by atoms with Crippen LogP contribution in [0.25, 0.3) is 21.3 Å². The van der Waals surface area contributed by atoms with Crippen LogP contribution in [0.2, 0.25) is 0 Å². The fourth-order valence-electron chi connectivity index (χ4n) is 6.29. The minimum Gasteiger partial charge on any atom is -0.481 e. The third kappa shape index (κ3) is 3.94. The summed E-state index contributed by atoms with van der Waals surface area (Å²) in [6.45, 7) is 4.95. The summed E-state index contributed by atoms with van der Waals surface area (Å²) < 4.78 is 1.92. The first-order valence-corrected chi connectivity index (χ1v) is 13.2. The monoisotopic (exact) mass is 479 g/mol. The number of piperidine rings is 1. The molecule has 1 aromatic carbocycles. The van der Waals surface area contributed by atoms with Gasteiger partial charge in [0.05, 0.1) is 17.1 Å². The Morgan fingerprint density at radius 3 is 2.71 bits per heavy atom.